The first-order valence-corrected chi connectivity index (χ1v) is 7.89. The lowest BCUT2D eigenvalue weighted by atomic mass is 10.2. The van der Waals surface area contributed by atoms with E-state index in [0.717, 1.165) is 22.2 Å². The van der Waals surface area contributed by atoms with Crippen LogP contribution in [0.5, 0.6) is 0 Å². The van der Waals surface area contributed by atoms with E-state index in [1.165, 1.54) is 31.3 Å². The Bertz CT molecular complexity index is 412. The third-order valence-corrected chi connectivity index (χ3v) is 5.68. The van der Waals surface area contributed by atoms with Gasteiger partial charge in [0.15, 0.2) is 0 Å². The number of rotatable bonds is 4. The molecule has 2 rings (SSSR count). The van der Waals surface area contributed by atoms with Gasteiger partial charge in [-0.25, -0.2) is 4.79 Å². The van der Waals surface area contributed by atoms with Crippen LogP contribution in [0.15, 0.2) is 10.5 Å². The molecule has 6 heteroatoms. The molecule has 0 bridgehead atoms. The minimum Gasteiger partial charge on any atom is -0.468 e. The molecule has 18 heavy (non-hydrogen) atoms. The number of methoxy groups -OCH3 is 1. The molecule has 1 saturated carbocycles. The number of thiophene rings is 1. The van der Waals surface area contributed by atoms with Crippen molar-refractivity contribution in [3.63, 3.8) is 0 Å². The predicted octanol–water partition coefficient (Wildman–Crippen LogP) is 3.91. The van der Waals surface area contributed by atoms with Gasteiger partial charge in [-0.3, -0.25) is 5.32 Å². The first-order chi connectivity index (χ1) is 8.61. The minimum absolute atomic E-state index is 0.257. The van der Waals surface area contributed by atoms with Crippen LogP contribution in [0.3, 0.4) is 0 Å². The molecule has 1 fully saturated rings. The van der Waals surface area contributed by atoms with Crippen molar-refractivity contribution in [1.82, 2.24) is 5.32 Å². The summed E-state index contributed by atoms with van der Waals surface area (Å²) >= 11 is 10.8. The van der Waals surface area contributed by atoms with Crippen LogP contribution in [0.1, 0.15) is 36.6 Å². The maximum atomic E-state index is 11.9. The van der Waals surface area contributed by atoms with Gasteiger partial charge < -0.3 is 4.74 Å². The molecule has 0 aromatic carbocycles. The second kappa shape index (κ2) is 6.37. The highest BCUT2D eigenvalue weighted by molar-refractivity contribution is 9.10. The van der Waals surface area contributed by atoms with Gasteiger partial charge in [-0.15, -0.1) is 11.3 Å². The van der Waals surface area contributed by atoms with E-state index < -0.39 is 6.04 Å². The summed E-state index contributed by atoms with van der Waals surface area (Å²) in [4.78, 5) is 12.8. The second-order valence-corrected chi connectivity index (χ2v) is 6.91. The Labute approximate surface area is 124 Å². The Kier molecular flexibility index (Phi) is 5.06. The maximum absolute atomic E-state index is 11.9. The second-order valence-electron chi connectivity index (χ2n) is 4.37. The van der Waals surface area contributed by atoms with Gasteiger partial charge >= 0.3 is 5.97 Å². The van der Waals surface area contributed by atoms with Crippen LogP contribution in [-0.2, 0) is 9.53 Å². The Morgan fingerprint density at radius 1 is 1.61 bits per heavy atom. The first kappa shape index (κ1) is 14.3. The van der Waals surface area contributed by atoms with Crippen molar-refractivity contribution < 1.29 is 9.53 Å². The highest BCUT2D eigenvalue weighted by atomic mass is 79.9. The summed E-state index contributed by atoms with van der Waals surface area (Å²) < 4.78 is 6.36. The first-order valence-electron chi connectivity index (χ1n) is 5.90. The molecule has 1 aliphatic rings. The molecule has 1 N–H and O–H groups in total. The summed E-state index contributed by atoms with van der Waals surface area (Å²) in [5, 5.41) is 3.38. The third kappa shape index (κ3) is 3.26. The number of hydrogen-bond acceptors (Lipinski definition) is 4. The van der Waals surface area contributed by atoms with E-state index in [1.54, 1.807) is 0 Å². The number of esters is 1. The zero-order valence-electron chi connectivity index (χ0n) is 10.0. The number of nitrogens with one attached hydrogen (secondary N) is 1. The third-order valence-electron chi connectivity index (χ3n) is 3.14. The molecule has 1 heterocycles. The van der Waals surface area contributed by atoms with Gasteiger partial charge in [-0.2, -0.15) is 0 Å². The fraction of sp³-hybridized carbons (Fsp3) is 0.583. The molecule has 0 aliphatic heterocycles. The van der Waals surface area contributed by atoms with Gasteiger partial charge in [0.1, 0.15) is 10.4 Å². The largest absolute Gasteiger partial charge is 0.468 e. The zero-order valence-corrected chi connectivity index (χ0v) is 13.2. The highest BCUT2D eigenvalue weighted by Crippen LogP contribution is 2.36. The smallest absolute Gasteiger partial charge is 0.328 e. The van der Waals surface area contributed by atoms with Crippen LogP contribution in [0.2, 0.25) is 4.34 Å². The SMILES string of the molecule is COC(=O)C(NC1CCCC1)c1cc(Br)c(Cl)s1. The van der Waals surface area contributed by atoms with Crippen molar-refractivity contribution in [2.45, 2.75) is 37.8 Å². The van der Waals surface area contributed by atoms with Crippen LogP contribution in [0, 0.1) is 0 Å². The Balaban J connectivity index is 2.16. The molecular weight excluding hydrogens is 338 g/mol. The normalized spacial score (nSPS) is 17.9. The Morgan fingerprint density at radius 3 is 2.78 bits per heavy atom. The summed E-state index contributed by atoms with van der Waals surface area (Å²) in [7, 11) is 1.41. The summed E-state index contributed by atoms with van der Waals surface area (Å²) in [5.74, 6) is -0.257. The molecule has 0 amide bonds. The highest BCUT2D eigenvalue weighted by Gasteiger charge is 2.28. The lowest BCUT2D eigenvalue weighted by Gasteiger charge is -2.19. The summed E-state index contributed by atoms with van der Waals surface area (Å²) in [6.45, 7) is 0. The van der Waals surface area contributed by atoms with Crippen LogP contribution >= 0.6 is 38.9 Å². The Hall–Kier alpha value is -0.100. The van der Waals surface area contributed by atoms with Gasteiger partial charge in [-0.05, 0) is 34.8 Å². The lowest BCUT2D eigenvalue weighted by Crippen LogP contribution is -2.35. The predicted molar refractivity (Wildman–Crippen MR) is 77.2 cm³/mol. The van der Waals surface area contributed by atoms with Gasteiger partial charge in [0, 0.05) is 15.4 Å². The van der Waals surface area contributed by atoms with Gasteiger partial charge in [0.25, 0.3) is 0 Å². The van der Waals surface area contributed by atoms with E-state index in [0.29, 0.717) is 10.4 Å². The van der Waals surface area contributed by atoms with E-state index in [9.17, 15) is 4.79 Å². The van der Waals surface area contributed by atoms with E-state index in [2.05, 4.69) is 21.2 Å². The lowest BCUT2D eigenvalue weighted by molar-refractivity contribution is -0.143. The zero-order chi connectivity index (χ0) is 13.1. The number of ether oxygens (including phenoxy) is 1. The number of carbonyl (C=O) groups excluding carboxylic acids is 1. The van der Waals surface area contributed by atoms with Crippen LogP contribution in [0.4, 0.5) is 0 Å². The van der Waals surface area contributed by atoms with Crippen molar-refractivity contribution in [2.75, 3.05) is 7.11 Å². The summed E-state index contributed by atoms with van der Waals surface area (Å²) in [6, 6.07) is 1.87. The number of carbonyl (C=O) groups is 1. The van der Waals surface area contributed by atoms with Crippen molar-refractivity contribution >= 4 is 44.8 Å². The number of hydrogen-bond donors (Lipinski definition) is 1. The fourth-order valence-electron chi connectivity index (χ4n) is 2.22. The molecule has 0 radical (unpaired) electrons. The van der Waals surface area contributed by atoms with Crippen LogP contribution < -0.4 is 5.32 Å². The molecule has 0 spiro atoms. The molecule has 100 valence electrons. The van der Waals surface area contributed by atoms with Crippen molar-refractivity contribution in [3.8, 4) is 0 Å². The molecule has 1 aromatic rings. The van der Waals surface area contributed by atoms with E-state index in [1.807, 2.05) is 6.07 Å². The quantitative estimate of drug-likeness (QED) is 0.835. The monoisotopic (exact) mass is 351 g/mol. The Morgan fingerprint density at radius 2 is 2.28 bits per heavy atom. The summed E-state index contributed by atoms with van der Waals surface area (Å²) in [5.41, 5.74) is 0. The van der Waals surface area contributed by atoms with E-state index >= 15 is 0 Å². The van der Waals surface area contributed by atoms with Crippen molar-refractivity contribution in [2.24, 2.45) is 0 Å². The van der Waals surface area contributed by atoms with Crippen molar-refractivity contribution in [3.05, 3.63) is 19.8 Å². The van der Waals surface area contributed by atoms with E-state index in [4.69, 9.17) is 16.3 Å². The molecule has 1 atom stereocenters. The average Bonchev–Trinajstić information content (AvgIpc) is 2.96. The fourth-order valence-corrected chi connectivity index (χ4v) is 4.00. The molecule has 1 aromatic heterocycles. The van der Waals surface area contributed by atoms with Crippen LogP contribution in [-0.4, -0.2) is 19.1 Å². The molecule has 1 unspecified atom stereocenters. The van der Waals surface area contributed by atoms with Crippen molar-refractivity contribution in [1.29, 1.82) is 0 Å². The standard InChI is InChI=1S/C12H15BrClNO2S/c1-17-12(16)10(15-7-4-2-3-5-7)9-6-8(13)11(14)18-9/h6-7,10,15H,2-5H2,1H3. The minimum atomic E-state index is -0.410. The van der Waals surface area contributed by atoms with Gasteiger partial charge in [0.05, 0.1) is 7.11 Å². The molecule has 0 saturated heterocycles. The van der Waals surface area contributed by atoms with Gasteiger partial charge in [-0.1, -0.05) is 24.4 Å². The van der Waals surface area contributed by atoms with Crippen LogP contribution in [0.25, 0.3) is 0 Å². The summed E-state index contributed by atoms with van der Waals surface area (Å²) in [6.07, 6.45) is 4.68. The van der Waals surface area contributed by atoms with E-state index in [-0.39, 0.29) is 5.97 Å². The maximum Gasteiger partial charge on any atom is 0.328 e. The topological polar surface area (TPSA) is 38.3 Å². The molecule has 1 aliphatic carbocycles. The molecule has 3 nitrogen and oxygen atoms in total. The van der Waals surface area contributed by atoms with Gasteiger partial charge in [0.2, 0.25) is 0 Å². The average molecular weight is 353 g/mol. The molecular formula is C12H15BrClNO2S. The number of halogens is 2.